The first kappa shape index (κ1) is 14.7. The molecular weight excluding hydrogens is 322 g/mol. The molecule has 0 saturated carbocycles. The van der Waals surface area contributed by atoms with Gasteiger partial charge in [-0.3, -0.25) is 4.79 Å². The van der Waals surface area contributed by atoms with E-state index < -0.39 is 0 Å². The van der Waals surface area contributed by atoms with Gasteiger partial charge in [0.15, 0.2) is 0 Å². The lowest BCUT2D eigenvalue weighted by molar-refractivity contribution is -0.117. The van der Waals surface area contributed by atoms with Crippen LogP contribution in [-0.4, -0.2) is 23.5 Å². The number of nitrogens with zero attached hydrogens (tertiary/aromatic N) is 1. The smallest absolute Gasteiger partial charge is 0.240 e. The van der Waals surface area contributed by atoms with E-state index in [2.05, 4.69) is 35.8 Å². The van der Waals surface area contributed by atoms with E-state index in [1.54, 1.807) is 16.7 Å². The summed E-state index contributed by atoms with van der Waals surface area (Å²) in [7, 11) is 1.87. The second-order valence-corrected chi connectivity index (χ2v) is 6.68. The van der Waals surface area contributed by atoms with Gasteiger partial charge in [0.2, 0.25) is 5.91 Å². The number of fused-ring (bicyclic) bond motifs is 1. The van der Waals surface area contributed by atoms with Gasteiger partial charge >= 0.3 is 0 Å². The van der Waals surface area contributed by atoms with Crippen molar-refractivity contribution < 1.29 is 4.79 Å². The van der Waals surface area contributed by atoms with Crippen LogP contribution in [0.15, 0.2) is 40.3 Å². The molecule has 0 radical (unpaired) electrons. The lowest BCUT2D eigenvalue weighted by atomic mass is 10.1. The third-order valence-electron chi connectivity index (χ3n) is 3.52. The number of carbonyl (C=O) groups is 1. The number of allylic oxidation sites excluding steroid dienone is 2. The first-order valence-electron chi connectivity index (χ1n) is 6.29. The predicted octanol–water partition coefficient (Wildman–Crippen LogP) is 4.25. The quantitative estimate of drug-likeness (QED) is 0.606. The third kappa shape index (κ3) is 3.06. The Bertz CT molecular complexity index is 527. The number of alkyl halides is 1. The molecule has 1 heterocycles. The van der Waals surface area contributed by atoms with Gasteiger partial charge in [0.05, 0.1) is 10.9 Å². The van der Waals surface area contributed by atoms with Crippen molar-refractivity contribution in [2.24, 2.45) is 0 Å². The molecular formula is C15H18BrNOS. The molecule has 2 rings (SSSR count). The van der Waals surface area contributed by atoms with Crippen LogP contribution < -0.4 is 4.90 Å². The fourth-order valence-electron chi connectivity index (χ4n) is 2.07. The maximum atomic E-state index is 12.4. The molecule has 1 aliphatic heterocycles. The van der Waals surface area contributed by atoms with Gasteiger partial charge < -0.3 is 4.90 Å². The van der Waals surface area contributed by atoms with Crippen molar-refractivity contribution in [1.29, 1.82) is 0 Å². The van der Waals surface area contributed by atoms with Crippen LogP contribution in [0.2, 0.25) is 0 Å². The number of para-hydroxylation sites is 1. The highest BCUT2D eigenvalue weighted by Crippen LogP contribution is 2.40. The van der Waals surface area contributed by atoms with Crippen molar-refractivity contribution in [3.63, 3.8) is 0 Å². The summed E-state index contributed by atoms with van der Waals surface area (Å²) >= 11 is 5.16. The fraction of sp³-hybridized carbons (Fsp3) is 0.400. The highest BCUT2D eigenvalue weighted by molar-refractivity contribution is 9.09. The molecule has 0 spiro atoms. The Balaban J connectivity index is 2.24. The van der Waals surface area contributed by atoms with E-state index >= 15 is 0 Å². The van der Waals surface area contributed by atoms with Gasteiger partial charge in [-0.2, -0.15) is 0 Å². The van der Waals surface area contributed by atoms with Gasteiger partial charge in [-0.15, -0.1) is 11.8 Å². The Kier molecular flexibility index (Phi) is 4.74. The summed E-state index contributed by atoms with van der Waals surface area (Å²) in [6.07, 6.45) is 0.819. The Morgan fingerprint density at radius 2 is 2.00 bits per heavy atom. The minimum absolute atomic E-state index is 0.00565. The molecule has 0 fully saturated rings. The number of hydrogen-bond donors (Lipinski definition) is 0. The predicted molar refractivity (Wildman–Crippen MR) is 86.3 cm³/mol. The molecule has 0 bridgehead atoms. The van der Waals surface area contributed by atoms with Gasteiger partial charge in [-0.25, -0.2) is 0 Å². The van der Waals surface area contributed by atoms with Crippen molar-refractivity contribution in [3.8, 4) is 0 Å². The molecule has 0 aliphatic carbocycles. The molecule has 1 aliphatic rings. The van der Waals surface area contributed by atoms with E-state index in [9.17, 15) is 4.79 Å². The summed E-state index contributed by atoms with van der Waals surface area (Å²) in [5, 5.41) is 0.866. The molecule has 19 heavy (non-hydrogen) atoms. The monoisotopic (exact) mass is 339 g/mol. The molecule has 0 N–H and O–H groups in total. The molecule has 1 amide bonds. The zero-order chi connectivity index (χ0) is 14.0. The first-order valence-corrected chi connectivity index (χ1v) is 8.29. The highest BCUT2D eigenvalue weighted by atomic mass is 79.9. The van der Waals surface area contributed by atoms with Crippen molar-refractivity contribution in [1.82, 2.24) is 0 Å². The van der Waals surface area contributed by atoms with Gasteiger partial charge in [0.1, 0.15) is 0 Å². The van der Waals surface area contributed by atoms with Crippen molar-refractivity contribution in [3.05, 3.63) is 35.4 Å². The molecule has 2 nitrogen and oxygen atoms in total. The summed E-state index contributed by atoms with van der Waals surface area (Å²) in [5.74, 6) is 0.199. The van der Waals surface area contributed by atoms with Crippen LogP contribution in [0.25, 0.3) is 0 Å². The second kappa shape index (κ2) is 6.14. The first-order chi connectivity index (χ1) is 9.04. The van der Waals surface area contributed by atoms with E-state index in [1.165, 1.54) is 16.0 Å². The molecule has 4 heteroatoms. The van der Waals surface area contributed by atoms with Crippen molar-refractivity contribution >= 4 is 39.3 Å². The molecule has 0 aromatic heterocycles. The summed E-state index contributed by atoms with van der Waals surface area (Å²) in [4.78, 5) is 15.4. The van der Waals surface area contributed by atoms with E-state index in [1.807, 2.05) is 25.2 Å². The van der Waals surface area contributed by atoms with Crippen LogP contribution in [0, 0.1) is 0 Å². The summed E-state index contributed by atoms with van der Waals surface area (Å²) in [6.45, 7) is 4.23. The number of hydrogen-bond acceptors (Lipinski definition) is 2. The number of benzene rings is 1. The Morgan fingerprint density at radius 1 is 1.32 bits per heavy atom. The maximum Gasteiger partial charge on any atom is 0.240 e. The van der Waals surface area contributed by atoms with E-state index in [0.717, 1.165) is 17.4 Å². The number of anilines is 1. The van der Waals surface area contributed by atoms with Crippen LogP contribution in [0.3, 0.4) is 0 Å². The average Bonchev–Trinajstić information content (AvgIpc) is 2.43. The summed E-state index contributed by atoms with van der Waals surface area (Å²) in [6, 6.07) is 8.10. The normalized spacial score (nSPS) is 20.1. The number of carbonyl (C=O) groups excluding carboxylic acids is 1. The Labute approximate surface area is 127 Å². The molecule has 0 saturated heterocycles. The number of amides is 1. The van der Waals surface area contributed by atoms with Gasteiger partial charge in [0.25, 0.3) is 0 Å². The molecule has 1 atom stereocenters. The fourth-order valence-corrected chi connectivity index (χ4v) is 3.93. The minimum atomic E-state index is -0.00565. The van der Waals surface area contributed by atoms with E-state index in [0.29, 0.717) is 0 Å². The molecule has 1 unspecified atom stereocenters. The van der Waals surface area contributed by atoms with Gasteiger partial charge in [-0.05, 0) is 32.4 Å². The number of thioether (sulfide) groups is 1. The zero-order valence-electron chi connectivity index (χ0n) is 11.4. The van der Waals surface area contributed by atoms with Crippen LogP contribution in [0.4, 0.5) is 5.69 Å². The molecule has 102 valence electrons. The SMILES string of the molecule is C/C(CBr)=C(\C)CC1Sc2ccccc2N(C)C1=O. The van der Waals surface area contributed by atoms with Gasteiger partial charge in [-0.1, -0.05) is 39.2 Å². The second-order valence-electron chi connectivity index (χ2n) is 4.87. The largest absolute Gasteiger partial charge is 0.313 e. The number of halogens is 1. The molecule has 1 aromatic carbocycles. The van der Waals surface area contributed by atoms with E-state index in [-0.39, 0.29) is 11.2 Å². The highest BCUT2D eigenvalue weighted by Gasteiger charge is 2.31. The van der Waals surface area contributed by atoms with Crippen molar-refractivity contribution in [2.45, 2.75) is 30.4 Å². The minimum Gasteiger partial charge on any atom is -0.313 e. The Morgan fingerprint density at radius 3 is 2.68 bits per heavy atom. The lowest BCUT2D eigenvalue weighted by Crippen LogP contribution is -2.38. The van der Waals surface area contributed by atoms with Gasteiger partial charge in [0, 0.05) is 17.3 Å². The van der Waals surface area contributed by atoms with Crippen molar-refractivity contribution in [2.75, 3.05) is 17.3 Å². The summed E-state index contributed by atoms with van der Waals surface area (Å²) in [5.41, 5.74) is 3.64. The zero-order valence-corrected chi connectivity index (χ0v) is 13.8. The lowest BCUT2D eigenvalue weighted by Gasteiger charge is -2.31. The topological polar surface area (TPSA) is 20.3 Å². The van der Waals surface area contributed by atoms with E-state index in [4.69, 9.17) is 0 Å². The standard InChI is InChI=1S/C15H18BrNOS/c1-10(11(2)9-16)8-14-15(18)17(3)12-6-4-5-7-13(12)19-14/h4-7,14H,8-9H2,1-3H3/b11-10-. The van der Waals surface area contributed by atoms with Crippen LogP contribution in [0.1, 0.15) is 20.3 Å². The van der Waals surface area contributed by atoms with Crippen LogP contribution in [0.5, 0.6) is 0 Å². The van der Waals surface area contributed by atoms with Crippen LogP contribution >= 0.6 is 27.7 Å². The molecule has 1 aromatic rings. The maximum absolute atomic E-state index is 12.4. The number of rotatable bonds is 3. The third-order valence-corrected chi connectivity index (χ3v) is 5.62. The summed E-state index contributed by atoms with van der Waals surface area (Å²) < 4.78 is 0. The Hall–Kier alpha value is -0.740. The average molecular weight is 340 g/mol. The van der Waals surface area contributed by atoms with Crippen LogP contribution in [-0.2, 0) is 4.79 Å².